The standard InChI is InChI=1S/C26H35NO3/c1-7-10-11-12-19-16-22(28)24(21-15-18(6)13-14-20(21)17(4)5)25(29)23(19)26(30)27(8-2)9-3/h13-16,28-29H,4,7-12H2,1-3,5-6H3. The number of rotatable bonds is 9. The molecule has 0 spiro atoms. The Labute approximate surface area is 180 Å². The molecule has 162 valence electrons. The van der Waals surface area contributed by atoms with Crippen LogP contribution in [0.1, 0.15) is 74.0 Å². The third-order valence-electron chi connectivity index (χ3n) is 5.58. The number of benzene rings is 2. The average molecular weight is 410 g/mol. The highest BCUT2D eigenvalue weighted by Gasteiger charge is 2.27. The Morgan fingerprint density at radius 1 is 1.07 bits per heavy atom. The number of hydrogen-bond donors (Lipinski definition) is 2. The van der Waals surface area contributed by atoms with Gasteiger partial charge in [-0.15, -0.1) is 0 Å². The molecular formula is C26H35NO3. The molecule has 0 radical (unpaired) electrons. The molecule has 30 heavy (non-hydrogen) atoms. The summed E-state index contributed by atoms with van der Waals surface area (Å²) in [6.07, 6.45) is 3.62. The molecule has 0 saturated heterocycles. The average Bonchev–Trinajstić information content (AvgIpc) is 2.68. The van der Waals surface area contributed by atoms with Crippen molar-refractivity contribution in [3.05, 3.63) is 53.1 Å². The van der Waals surface area contributed by atoms with Crippen molar-refractivity contribution < 1.29 is 15.0 Å². The number of carbonyl (C=O) groups excluding carboxylic acids is 1. The van der Waals surface area contributed by atoms with Crippen molar-refractivity contribution in [2.45, 2.75) is 60.3 Å². The molecule has 2 rings (SSSR count). The molecule has 2 aromatic carbocycles. The van der Waals surface area contributed by atoms with Gasteiger partial charge in [0.2, 0.25) is 0 Å². The van der Waals surface area contributed by atoms with Gasteiger partial charge in [-0.05, 0) is 63.3 Å². The van der Waals surface area contributed by atoms with Gasteiger partial charge in [0, 0.05) is 13.1 Å². The number of unbranched alkanes of at least 4 members (excludes halogenated alkanes) is 2. The summed E-state index contributed by atoms with van der Waals surface area (Å²) in [6.45, 7) is 15.0. The first kappa shape index (κ1) is 23.5. The maximum absolute atomic E-state index is 13.3. The van der Waals surface area contributed by atoms with E-state index < -0.39 is 0 Å². The zero-order valence-corrected chi connectivity index (χ0v) is 19.0. The van der Waals surface area contributed by atoms with Crippen LogP contribution in [0.5, 0.6) is 11.5 Å². The lowest BCUT2D eigenvalue weighted by Gasteiger charge is -2.23. The molecule has 4 heteroatoms. The summed E-state index contributed by atoms with van der Waals surface area (Å²) in [6, 6.07) is 7.49. The van der Waals surface area contributed by atoms with E-state index in [0.717, 1.165) is 36.0 Å². The fourth-order valence-corrected chi connectivity index (χ4v) is 3.88. The highest BCUT2D eigenvalue weighted by atomic mass is 16.3. The first-order chi connectivity index (χ1) is 14.3. The minimum atomic E-state index is -0.199. The summed E-state index contributed by atoms with van der Waals surface area (Å²) < 4.78 is 0. The lowest BCUT2D eigenvalue weighted by atomic mass is 9.88. The van der Waals surface area contributed by atoms with Crippen molar-refractivity contribution in [1.82, 2.24) is 4.90 Å². The summed E-state index contributed by atoms with van der Waals surface area (Å²) in [7, 11) is 0. The van der Waals surface area contributed by atoms with E-state index in [1.807, 2.05) is 45.9 Å². The van der Waals surface area contributed by atoms with E-state index in [1.165, 1.54) is 0 Å². The van der Waals surface area contributed by atoms with Crippen LogP contribution in [-0.2, 0) is 6.42 Å². The first-order valence-corrected chi connectivity index (χ1v) is 10.9. The number of aryl methyl sites for hydroxylation is 2. The smallest absolute Gasteiger partial charge is 0.257 e. The first-order valence-electron chi connectivity index (χ1n) is 10.9. The second kappa shape index (κ2) is 10.3. The van der Waals surface area contributed by atoms with Gasteiger partial charge in [0.1, 0.15) is 11.5 Å². The highest BCUT2D eigenvalue weighted by Crippen LogP contribution is 2.45. The van der Waals surface area contributed by atoms with Gasteiger partial charge >= 0.3 is 0 Å². The molecule has 2 aromatic rings. The summed E-state index contributed by atoms with van der Waals surface area (Å²) in [4.78, 5) is 15.0. The molecule has 0 saturated carbocycles. The molecule has 0 heterocycles. The topological polar surface area (TPSA) is 60.8 Å². The summed E-state index contributed by atoms with van der Waals surface area (Å²) in [5.74, 6) is -0.357. The molecule has 0 aliphatic carbocycles. The second-order valence-electron chi connectivity index (χ2n) is 7.92. The summed E-state index contributed by atoms with van der Waals surface area (Å²) in [5, 5.41) is 22.3. The Kier molecular flexibility index (Phi) is 8.10. The van der Waals surface area contributed by atoms with Gasteiger partial charge in [0.15, 0.2) is 0 Å². The number of hydrogen-bond acceptors (Lipinski definition) is 3. The van der Waals surface area contributed by atoms with Gasteiger partial charge in [0.05, 0.1) is 11.1 Å². The number of allylic oxidation sites excluding steroid dienone is 1. The molecule has 0 aromatic heterocycles. The number of phenolic OH excluding ortho intramolecular Hbond substituents is 2. The number of aromatic hydroxyl groups is 2. The largest absolute Gasteiger partial charge is 0.507 e. The Balaban J connectivity index is 2.78. The predicted octanol–water partition coefficient (Wildman–Crippen LogP) is 6.32. The fourth-order valence-electron chi connectivity index (χ4n) is 3.88. The Morgan fingerprint density at radius 3 is 2.30 bits per heavy atom. The van der Waals surface area contributed by atoms with E-state index in [4.69, 9.17) is 0 Å². The van der Waals surface area contributed by atoms with Gasteiger partial charge in [-0.2, -0.15) is 0 Å². The summed E-state index contributed by atoms with van der Waals surface area (Å²) >= 11 is 0. The monoisotopic (exact) mass is 409 g/mol. The lowest BCUT2D eigenvalue weighted by molar-refractivity contribution is 0.0769. The van der Waals surface area contributed by atoms with Gasteiger partial charge in [0.25, 0.3) is 5.91 Å². The number of amides is 1. The maximum Gasteiger partial charge on any atom is 0.257 e. The van der Waals surface area contributed by atoms with E-state index in [1.54, 1.807) is 11.0 Å². The van der Waals surface area contributed by atoms with Crippen LogP contribution in [0, 0.1) is 6.92 Å². The van der Waals surface area contributed by atoms with Crippen LogP contribution in [0.4, 0.5) is 0 Å². The number of phenols is 2. The van der Waals surface area contributed by atoms with E-state index in [-0.39, 0.29) is 17.4 Å². The van der Waals surface area contributed by atoms with Crippen molar-refractivity contribution in [3.63, 3.8) is 0 Å². The Hall–Kier alpha value is -2.75. The minimum Gasteiger partial charge on any atom is -0.507 e. The number of nitrogens with zero attached hydrogens (tertiary/aromatic N) is 1. The van der Waals surface area contributed by atoms with Crippen LogP contribution >= 0.6 is 0 Å². The van der Waals surface area contributed by atoms with Gasteiger partial charge in [-0.25, -0.2) is 0 Å². The molecule has 1 amide bonds. The van der Waals surface area contributed by atoms with E-state index in [0.29, 0.717) is 41.8 Å². The van der Waals surface area contributed by atoms with Crippen LogP contribution in [0.25, 0.3) is 16.7 Å². The molecule has 4 nitrogen and oxygen atoms in total. The molecule has 0 aliphatic rings. The van der Waals surface area contributed by atoms with Crippen LogP contribution in [0.15, 0.2) is 30.8 Å². The van der Waals surface area contributed by atoms with Crippen molar-refractivity contribution in [1.29, 1.82) is 0 Å². The highest BCUT2D eigenvalue weighted by molar-refractivity contribution is 6.02. The second-order valence-corrected chi connectivity index (χ2v) is 7.92. The van der Waals surface area contributed by atoms with Crippen LogP contribution < -0.4 is 0 Å². The molecule has 0 atom stereocenters. The molecule has 0 bridgehead atoms. The van der Waals surface area contributed by atoms with Crippen molar-refractivity contribution >= 4 is 11.5 Å². The van der Waals surface area contributed by atoms with Gasteiger partial charge < -0.3 is 15.1 Å². The zero-order valence-electron chi connectivity index (χ0n) is 19.0. The van der Waals surface area contributed by atoms with Crippen LogP contribution in [0.3, 0.4) is 0 Å². The lowest BCUT2D eigenvalue weighted by Crippen LogP contribution is -2.31. The molecule has 2 N–H and O–H groups in total. The van der Waals surface area contributed by atoms with E-state index >= 15 is 0 Å². The maximum atomic E-state index is 13.3. The van der Waals surface area contributed by atoms with Crippen molar-refractivity contribution in [3.8, 4) is 22.6 Å². The Morgan fingerprint density at radius 2 is 1.73 bits per heavy atom. The quantitative estimate of drug-likeness (QED) is 0.476. The van der Waals surface area contributed by atoms with Crippen LogP contribution in [-0.4, -0.2) is 34.1 Å². The molecule has 0 fully saturated rings. The third kappa shape index (κ3) is 4.86. The van der Waals surface area contributed by atoms with Crippen LogP contribution in [0.2, 0.25) is 0 Å². The summed E-state index contributed by atoms with van der Waals surface area (Å²) in [5.41, 5.74) is 4.65. The minimum absolute atomic E-state index is 0.0109. The van der Waals surface area contributed by atoms with Gasteiger partial charge in [-0.3, -0.25) is 4.79 Å². The molecular weight excluding hydrogens is 374 g/mol. The molecule has 0 unspecified atom stereocenters. The normalized spacial score (nSPS) is 10.8. The third-order valence-corrected chi connectivity index (χ3v) is 5.58. The fraction of sp³-hybridized carbons (Fsp3) is 0.423. The Bertz CT molecular complexity index is 926. The van der Waals surface area contributed by atoms with E-state index in [2.05, 4.69) is 13.5 Å². The van der Waals surface area contributed by atoms with Crippen molar-refractivity contribution in [2.24, 2.45) is 0 Å². The van der Waals surface area contributed by atoms with Crippen molar-refractivity contribution in [2.75, 3.05) is 13.1 Å². The number of carbonyl (C=O) groups is 1. The SMILES string of the molecule is C=C(C)c1ccc(C)cc1-c1c(O)cc(CCCCC)c(C(=O)N(CC)CC)c1O. The van der Waals surface area contributed by atoms with E-state index in [9.17, 15) is 15.0 Å². The zero-order chi connectivity index (χ0) is 22.4. The predicted molar refractivity (Wildman–Crippen MR) is 125 cm³/mol. The van der Waals surface area contributed by atoms with Gasteiger partial charge in [-0.1, -0.05) is 55.7 Å². The molecule has 0 aliphatic heterocycles.